The van der Waals surface area contributed by atoms with E-state index >= 15 is 0 Å². The summed E-state index contributed by atoms with van der Waals surface area (Å²) in [5.41, 5.74) is 6.60. The average Bonchev–Trinajstić information content (AvgIpc) is 2.94. The van der Waals surface area contributed by atoms with Gasteiger partial charge in [-0.25, -0.2) is 8.42 Å². The smallest absolute Gasteiger partial charge is 0.223 e. The summed E-state index contributed by atoms with van der Waals surface area (Å²) < 4.78 is 24.4. The Morgan fingerprint density at radius 3 is 2.57 bits per heavy atom. The second-order valence-corrected chi connectivity index (χ2v) is 7.72. The van der Waals surface area contributed by atoms with E-state index in [-0.39, 0.29) is 23.0 Å². The number of likely N-dealkylation sites (tertiary alicyclic amines) is 1. The molecule has 116 valence electrons. The van der Waals surface area contributed by atoms with Crippen molar-refractivity contribution in [3.63, 3.8) is 0 Å². The highest BCUT2D eigenvalue weighted by molar-refractivity contribution is 7.91. The summed E-state index contributed by atoms with van der Waals surface area (Å²) >= 11 is 0. The number of nitrogens with two attached hydrogens (primary N) is 1. The van der Waals surface area contributed by atoms with Crippen LogP contribution in [0.15, 0.2) is 29.2 Å². The van der Waals surface area contributed by atoms with Gasteiger partial charge in [-0.3, -0.25) is 4.79 Å². The number of sulfone groups is 1. The van der Waals surface area contributed by atoms with E-state index in [2.05, 4.69) is 0 Å². The first-order valence-electron chi connectivity index (χ1n) is 7.19. The second kappa shape index (κ2) is 6.58. The molecule has 21 heavy (non-hydrogen) atoms. The number of amides is 1. The maximum absolute atomic E-state index is 12.2. The Balaban J connectivity index is 1.93. The first-order valence-corrected chi connectivity index (χ1v) is 8.85. The maximum atomic E-state index is 12.2. The van der Waals surface area contributed by atoms with E-state index in [4.69, 9.17) is 5.73 Å². The lowest BCUT2D eigenvalue weighted by atomic mass is 10.1. The van der Waals surface area contributed by atoms with Crippen LogP contribution in [-0.4, -0.2) is 44.6 Å². The number of hydrogen-bond acceptors (Lipinski definition) is 4. The van der Waals surface area contributed by atoms with E-state index in [9.17, 15) is 13.2 Å². The van der Waals surface area contributed by atoms with Gasteiger partial charge in [0.1, 0.15) is 0 Å². The molecule has 0 spiro atoms. The predicted octanol–water partition coefficient (Wildman–Crippen LogP) is 0.966. The molecule has 1 saturated heterocycles. The summed E-state index contributed by atoms with van der Waals surface area (Å²) in [5.74, 6) is 0.114. The third kappa shape index (κ3) is 4.04. The molecule has 1 amide bonds. The molecule has 1 aromatic rings. The van der Waals surface area contributed by atoms with Crippen LogP contribution < -0.4 is 5.73 Å². The van der Waals surface area contributed by atoms with E-state index in [1.165, 1.54) is 0 Å². The standard InChI is InChI=1S/C15H22N2O3S/c1-12-2-4-14(5-3-12)21(19,20)9-7-15(18)17-8-6-13(10-16)11-17/h2-5,13H,6-11,16H2,1H3/t13-/m1/s1. The molecular formula is C15H22N2O3S. The zero-order valence-electron chi connectivity index (χ0n) is 12.3. The number of benzene rings is 1. The van der Waals surface area contributed by atoms with Crippen LogP contribution in [0.3, 0.4) is 0 Å². The summed E-state index contributed by atoms with van der Waals surface area (Å²) in [5, 5.41) is 0. The number of hydrogen-bond donors (Lipinski definition) is 1. The Bertz CT molecular complexity index is 596. The molecule has 1 atom stereocenters. The van der Waals surface area contributed by atoms with Crippen molar-refractivity contribution in [2.45, 2.75) is 24.7 Å². The molecule has 0 unspecified atom stereocenters. The number of nitrogens with zero attached hydrogens (tertiary/aromatic N) is 1. The maximum Gasteiger partial charge on any atom is 0.223 e. The second-order valence-electron chi connectivity index (χ2n) is 5.61. The minimum absolute atomic E-state index is 0.0352. The molecule has 5 nitrogen and oxygen atoms in total. The van der Waals surface area contributed by atoms with Crippen molar-refractivity contribution in [2.75, 3.05) is 25.4 Å². The third-order valence-corrected chi connectivity index (χ3v) is 5.67. The Kier molecular flexibility index (Phi) is 5.00. The zero-order valence-corrected chi connectivity index (χ0v) is 13.1. The summed E-state index contributed by atoms with van der Waals surface area (Å²) in [7, 11) is -3.39. The summed E-state index contributed by atoms with van der Waals surface area (Å²) in [6, 6.07) is 6.72. The van der Waals surface area contributed by atoms with Gasteiger partial charge in [0, 0.05) is 19.5 Å². The molecular weight excluding hydrogens is 288 g/mol. The SMILES string of the molecule is Cc1ccc(S(=O)(=O)CCC(=O)N2CC[C@H](CN)C2)cc1. The molecule has 1 aliphatic heterocycles. The first-order chi connectivity index (χ1) is 9.92. The number of rotatable bonds is 5. The van der Waals surface area contributed by atoms with E-state index in [1.807, 2.05) is 6.92 Å². The van der Waals surface area contributed by atoms with Gasteiger partial charge in [0.05, 0.1) is 10.6 Å². The van der Waals surface area contributed by atoms with Crippen LogP contribution >= 0.6 is 0 Å². The highest BCUT2D eigenvalue weighted by Gasteiger charge is 2.26. The Hall–Kier alpha value is -1.40. The minimum atomic E-state index is -3.39. The fourth-order valence-electron chi connectivity index (χ4n) is 2.49. The molecule has 0 aromatic heterocycles. The molecule has 0 radical (unpaired) electrons. The highest BCUT2D eigenvalue weighted by Crippen LogP contribution is 2.17. The van der Waals surface area contributed by atoms with E-state index in [0.29, 0.717) is 25.6 Å². The quantitative estimate of drug-likeness (QED) is 0.878. The van der Waals surface area contributed by atoms with Gasteiger partial charge >= 0.3 is 0 Å². The molecule has 1 heterocycles. The summed E-state index contributed by atoms with van der Waals surface area (Å²) in [6.07, 6.45) is 0.945. The van der Waals surface area contributed by atoms with Crippen LogP contribution in [0.2, 0.25) is 0 Å². The highest BCUT2D eigenvalue weighted by atomic mass is 32.2. The zero-order chi connectivity index (χ0) is 15.5. The van der Waals surface area contributed by atoms with Crippen LogP contribution in [0.5, 0.6) is 0 Å². The van der Waals surface area contributed by atoms with Crippen molar-refractivity contribution >= 4 is 15.7 Å². The number of carbonyl (C=O) groups is 1. The molecule has 2 N–H and O–H groups in total. The predicted molar refractivity (Wildman–Crippen MR) is 81.6 cm³/mol. The fourth-order valence-corrected chi connectivity index (χ4v) is 3.72. The van der Waals surface area contributed by atoms with E-state index in [1.54, 1.807) is 29.2 Å². The van der Waals surface area contributed by atoms with Gasteiger partial charge in [0.15, 0.2) is 9.84 Å². The lowest BCUT2D eigenvalue weighted by Crippen LogP contribution is -2.31. The van der Waals surface area contributed by atoms with Gasteiger partial charge in [0.25, 0.3) is 0 Å². The van der Waals surface area contributed by atoms with E-state index < -0.39 is 9.84 Å². The lowest BCUT2D eigenvalue weighted by molar-refractivity contribution is -0.129. The third-order valence-electron chi connectivity index (χ3n) is 3.94. The minimum Gasteiger partial charge on any atom is -0.342 e. The van der Waals surface area contributed by atoms with Crippen molar-refractivity contribution in [1.82, 2.24) is 4.90 Å². The molecule has 0 bridgehead atoms. The summed E-state index contributed by atoms with van der Waals surface area (Å²) in [4.78, 5) is 14.1. The molecule has 1 aromatic carbocycles. The van der Waals surface area contributed by atoms with Gasteiger partial charge in [-0.05, 0) is 37.9 Å². The van der Waals surface area contributed by atoms with Gasteiger partial charge in [0.2, 0.25) is 5.91 Å². The average molecular weight is 310 g/mol. The number of carbonyl (C=O) groups excluding carboxylic acids is 1. The van der Waals surface area contributed by atoms with Crippen molar-refractivity contribution in [3.8, 4) is 0 Å². The van der Waals surface area contributed by atoms with Crippen molar-refractivity contribution in [2.24, 2.45) is 11.7 Å². The van der Waals surface area contributed by atoms with Crippen LogP contribution in [0.4, 0.5) is 0 Å². The van der Waals surface area contributed by atoms with E-state index in [0.717, 1.165) is 12.0 Å². The Morgan fingerprint density at radius 1 is 1.33 bits per heavy atom. The summed E-state index contributed by atoms with van der Waals surface area (Å²) in [6.45, 7) is 3.82. The van der Waals surface area contributed by atoms with Crippen molar-refractivity contribution in [1.29, 1.82) is 0 Å². The van der Waals surface area contributed by atoms with Crippen molar-refractivity contribution in [3.05, 3.63) is 29.8 Å². The van der Waals surface area contributed by atoms with Crippen LogP contribution in [-0.2, 0) is 14.6 Å². The topological polar surface area (TPSA) is 80.5 Å². The number of aryl methyl sites for hydroxylation is 1. The van der Waals surface area contributed by atoms with Gasteiger partial charge in [-0.2, -0.15) is 0 Å². The van der Waals surface area contributed by atoms with Crippen molar-refractivity contribution < 1.29 is 13.2 Å². The molecule has 0 saturated carbocycles. The molecule has 1 aliphatic rings. The van der Waals surface area contributed by atoms with Gasteiger partial charge < -0.3 is 10.6 Å². The fraction of sp³-hybridized carbons (Fsp3) is 0.533. The molecule has 1 fully saturated rings. The Morgan fingerprint density at radius 2 is 2.00 bits per heavy atom. The molecule has 2 rings (SSSR count). The lowest BCUT2D eigenvalue weighted by Gasteiger charge is -2.16. The van der Waals surface area contributed by atoms with Gasteiger partial charge in [-0.15, -0.1) is 0 Å². The normalized spacial score (nSPS) is 19.0. The molecule has 0 aliphatic carbocycles. The van der Waals surface area contributed by atoms with Crippen LogP contribution in [0, 0.1) is 12.8 Å². The monoisotopic (exact) mass is 310 g/mol. The van der Waals surface area contributed by atoms with Crippen LogP contribution in [0.1, 0.15) is 18.4 Å². The van der Waals surface area contributed by atoms with Gasteiger partial charge in [-0.1, -0.05) is 17.7 Å². The molecule has 6 heteroatoms. The van der Waals surface area contributed by atoms with Crippen LogP contribution in [0.25, 0.3) is 0 Å². The first kappa shape index (κ1) is 16.0. The largest absolute Gasteiger partial charge is 0.342 e. The Labute approximate surface area is 126 Å².